The summed E-state index contributed by atoms with van der Waals surface area (Å²) in [6.07, 6.45) is 0.616. The van der Waals surface area contributed by atoms with E-state index in [1.807, 2.05) is 6.92 Å². The van der Waals surface area contributed by atoms with Crippen LogP contribution in [0.5, 0.6) is 5.75 Å². The number of aliphatic imine (C=N–C) groups is 1. The van der Waals surface area contributed by atoms with E-state index in [2.05, 4.69) is 34.4 Å². The summed E-state index contributed by atoms with van der Waals surface area (Å²) in [7, 11) is 1.75. The molecular formula is C20H33FN4O2. The van der Waals surface area contributed by atoms with Crippen molar-refractivity contribution in [3.8, 4) is 5.75 Å². The van der Waals surface area contributed by atoms with Gasteiger partial charge in [0.2, 0.25) is 0 Å². The van der Waals surface area contributed by atoms with E-state index in [1.165, 1.54) is 6.07 Å². The number of ether oxygens (including phenoxy) is 2. The minimum Gasteiger partial charge on any atom is -0.486 e. The molecule has 2 N–H and O–H groups in total. The number of hydrogen-bond donors (Lipinski definition) is 2. The van der Waals surface area contributed by atoms with Crippen LogP contribution in [0.2, 0.25) is 0 Å². The maximum Gasteiger partial charge on any atom is 0.191 e. The van der Waals surface area contributed by atoms with Crippen molar-refractivity contribution in [3.63, 3.8) is 0 Å². The summed E-state index contributed by atoms with van der Waals surface area (Å²) in [6, 6.07) is 6.48. The number of halogens is 1. The van der Waals surface area contributed by atoms with Gasteiger partial charge in [-0.3, -0.25) is 9.89 Å². The molecule has 1 unspecified atom stereocenters. The van der Waals surface area contributed by atoms with Crippen molar-refractivity contribution in [2.45, 2.75) is 38.8 Å². The Labute approximate surface area is 162 Å². The van der Waals surface area contributed by atoms with E-state index in [-0.39, 0.29) is 23.2 Å². The molecule has 1 atom stereocenters. The molecule has 6 nitrogen and oxygen atoms in total. The molecule has 27 heavy (non-hydrogen) atoms. The lowest BCUT2D eigenvalue weighted by atomic mass is 10.0. The molecule has 0 aliphatic carbocycles. The molecule has 7 heteroatoms. The van der Waals surface area contributed by atoms with Crippen LogP contribution in [0.25, 0.3) is 0 Å². The van der Waals surface area contributed by atoms with Crippen molar-refractivity contribution in [1.82, 2.24) is 15.5 Å². The van der Waals surface area contributed by atoms with Gasteiger partial charge in [0.15, 0.2) is 17.5 Å². The summed E-state index contributed by atoms with van der Waals surface area (Å²) < 4.78 is 25.0. The zero-order valence-electron chi connectivity index (χ0n) is 16.9. The second-order valence-electron chi connectivity index (χ2n) is 7.30. The summed E-state index contributed by atoms with van der Waals surface area (Å²) in [5.74, 6) is 0.653. The fourth-order valence-electron chi connectivity index (χ4n) is 3.00. The summed E-state index contributed by atoms with van der Waals surface area (Å²) >= 11 is 0. The van der Waals surface area contributed by atoms with E-state index >= 15 is 0 Å². The quantitative estimate of drug-likeness (QED) is 0.535. The highest BCUT2D eigenvalue weighted by Gasteiger charge is 2.28. The molecule has 1 heterocycles. The van der Waals surface area contributed by atoms with Gasteiger partial charge < -0.3 is 20.1 Å². The number of benzene rings is 1. The fraction of sp³-hybridized carbons (Fsp3) is 0.650. The highest BCUT2D eigenvalue weighted by Crippen LogP contribution is 2.18. The van der Waals surface area contributed by atoms with E-state index in [0.717, 1.165) is 39.3 Å². The summed E-state index contributed by atoms with van der Waals surface area (Å²) in [6.45, 7) is 11.2. The number of para-hydroxylation sites is 1. The number of hydrogen-bond acceptors (Lipinski definition) is 4. The van der Waals surface area contributed by atoms with E-state index in [1.54, 1.807) is 25.2 Å². The third-order valence-electron chi connectivity index (χ3n) is 4.86. The largest absolute Gasteiger partial charge is 0.486 e. The van der Waals surface area contributed by atoms with Crippen molar-refractivity contribution < 1.29 is 13.9 Å². The Balaban J connectivity index is 1.82. The minimum absolute atomic E-state index is 0.00474. The van der Waals surface area contributed by atoms with Crippen LogP contribution in [0.4, 0.5) is 4.39 Å². The molecule has 1 aliphatic heterocycles. The zero-order valence-corrected chi connectivity index (χ0v) is 16.9. The number of guanidine groups is 1. The lowest BCUT2D eigenvalue weighted by Crippen LogP contribution is -2.56. The number of nitrogens with zero attached hydrogens (tertiary/aromatic N) is 2. The fourth-order valence-corrected chi connectivity index (χ4v) is 3.00. The van der Waals surface area contributed by atoms with Crippen LogP contribution in [0, 0.1) is 5.82 Å². The first kappa shape index (κ1) is 21.4. The molecule has 0 bridgehead atoms. The molecule has 2 rings (SSSR count). The lowest BCUT2D eigenvalue weighted by molar-refractivity contribution is -0.00834. The lowest BCUT2D eigenvalue weighted by Gasteiger charge is -2.41. The molecular weight excluding hydrogens is 347 g/mol. The number of rotatable bonds is 8. The van der Waals surface area contributed by atoms with Gasteiger partial charge in [-0.2, -0.15) is 0 Å². The second-order valence-corrected chi connectivity index (χ2v) is 7.30. The molecule has 1 aromatic carbocycles. The van der Waals surface area contributed by atoms with Gasteiger partial charge in [0, 0.05) is 32.2 Å². The van der Waals surface area contributed by atoms with Crippen LogP contribution in [-0.2, 0) is 4.74 Å². The molecule has 0 saturated carbocycles. The van der Waals surface area contributed by atoms with Gasteiger partial charge in [-0.1, -0.05) is 19.1 Å². The summed E-state index contributed by atoms with van der Waals surface area (Å²) in [5.41, 5.74) is -0.00474. The van der Waals surface area contributed by atoms with Crippen LogP contribution in [-0.4, -0.2) is 68.9 Å². The predicted octanol–water partition coefficient (Wildman–Crippen LogP) is 2.26. The van der Waals surface area contributed by atoms with Gasteiger partial charge in [-0.25, -0.2) is 4.39 Å². The molecule has 152 valence electrons. The number of morpholine rings is 1. The average Bonchev–Trinajstić information content (AvgIpc) is 2.69. The van der Waals surface area contributed by atoms with Crippen LogP contribution in [0.1, 0.15) is 27.2 Å². The molecule has 1 saturated heterocycles. The topological polar surface area (TPSA) is 58.1 Å². The summed E-state index contributed by atoms with van der Waals surface area (Å²) in [4.78, 5) is 6.71. The van der Waals surface area contributed by atoms with Gasteiger partial charge in [0.05, 0.1) is 19.8 Å². The van der Waals surface area contributed by atoms with Gasteiger partial charge in [0.1, 0.15) is 6.10 Å². The minimum atomic E-state index is -0.342. The van der Waals surface area contributed by atoms with E-state index in [9.17, 15) is 4.39 Å². The zero-order chi connectivity index (χ0) is 19.7. The van der Waals surface area contributed by atoms with E-state index in [0.29, 0.717) is 12.5 Å². The summed E-state index contributed by atoms with van der Waals surface area (Å²) in [5, 5.41) is 6.67. The highest BCUT2D eigenvalue weighted by molar-refractivity contribution is 5.79. The molecule has 0 spiro atoms. The van der Waals surface area contributed by atoms with Crippen LogP contribution < -0.4 is 15.4 Å². The first-order chi connectivity index (χ1) is 13.0. The molecule has 1 aliphatic rings. The number of nitrogens with one attached hydrogen (secondary N) is 2. The van der Waals surface area contributed by atoms with Crippen molar-refractivity contribution >= 4 is 5.96 Å². The smallest absolute Gasteiger partial charge is 0.191 e. The Kier molecular flexibility index (Phi) is 8.31. The molecule has 0 aromatic heterocycles. The van der Waals surface area contributed by atoms with Crippen LogP contribution in [0.3, 0.4) is 0 Å². The van der Waals surface area contributed by atoms with Crippen molar-refractivity contribution in [1.29, 1.82) is 0 Å². The Morgan fingerprint density at radius 2 is 2.00 bits per heavy atom. The van der Waals surface area contributed by atoms with Gasteiger partial charge in [-0.15, -0.1) is 0 Å². The van der Waals surface area contributed by atoms with E-state index < -0.39 is 0 Å². The third-order valence-corrected chi connectivity index (χ3v) is 4.86. The van der Waals surface area contributed by atoms with Crippen molar-refractivity contribution in [2.24, 2.45) is 4.99 Å². The third kappa shape index (κ3) is 6.66. The Hall–Kier alpha value is -1.86. The Morgan fingerprint density at radius 3 is 2.63 bits per heavy atom. The van der Waals surface area contributed by atoms with Gasteiger partial charge in [-0.05, 0) is 32.4 Å². The molecule has 1 aromatic rings. The molecule has 0 radical (unpaired) electrons. The average molecular weight is 381 g/mol. The van der Waals surface area contributed by atoms with Crippen molar-refractivity contribution in [2.75, 3.05) is 46.4 Å². The first-order valence-electron chi connectivity index (χ1n) is 9.64. The standard InChI is InChI=1S/C20H33FN4O2/c1-5-16(27-18-9-7-6-8-17(18)21)14-23-19(22-4)24-15-20(2,3)25-10-12-26-13-11-25/h6-9,16H,5,10-15H2,1-4H3,(H2,22,23,24). The maximum atomic E-state index is 13.8. The Morgan fingerprint density at radius 1 is 1.30 bits per heavy atom. The van der Waals surface area contributed by atoms with Gasteiger partial charge >= 0.3 is 0 Å². The molecule has 0 amide bonds. The second kappa shape index (κ2) is 10.5. The maximum absolute atomic E-state index is 13.8. The van der Waals surface area contributed by atoms with Crippen molar-refractivity contribution in [3.05, 3.63) is 30.1 Å². The normalized spacial score (nSPS) is 17.4. The van der Waals surface area contributed by atoms with E-state index in [4.69, 9.17) is 9.47 Å². The SMILES string of the molecule is CCC(CNC(=NC)NCC(C)(C)N1CCOCC1)Oc1ccccc1F. The van der Waals surface area contributed by atoms with Gasteiger partial charge in [0.25, 0.3) is 0 Å². The monoisotopic (exact) mass is 380 g/mol. The van der Waals surface area contributed by atoms with Crippen LogP contribution in [0.15, 0.2) is 29.3 Å². The predicted molar refractivity (Wildman–Crippen MR) is 107 cm³/mol. The first-order valence-corrected chi connectivity index (χ1v) is 9.64. The molecule has 1 fully saturated rings. The highest BCUT2D eigenvalue weighted by atomic mass is 19.1. The Bertz CT molecular complexity index is 603. The van der Waals surface area contributed by atoms with Crippen LogP contribution >= 0.6 is 0 Å².